The van der Waals surface area contributed by atoms with Crippen LogP contribution >= 0.6 is 44.7 Å². The first kappa shape index (κ1) is 89.5. The molecule has 7 aliphatic heterocycles. The second-order valence-electron chi connectivity index (χ2n) is 28.3. The molecule has 22 N–H and O–H groups in total. The molecule has 0 aromatic carbocycles. The molecule has 58 nitrogen and oxygen atoms in total. The highest BCUT2D eigenvalue weighted by atomic mass is 32.5. The van der Waals surface area contributed by atoms with Gasteiger partial charge in [0.1, 0.15) is 139 Å². The molecule has 124 heavy (non-hydrogen) atoms. The summed E-state index contributed by atoms with van der Waals surface area (Å²) in [6.07, 6.45) is -16.1. The van der Waals surface area contributed by atoms with Gasteiger partial charge in [0.15, 0.2) is 45.6 Å². The lowest BCUT2D eigenvalue weighted by Gasteiger charge is -2.31. The highest BCUT2D eigenvalue weighted by Crippen LogP contribution is 2.57. The van der Waals surface area contributed by atoms with Crippen LogP contribution in [0.15, 0.2) is 83.4 Å². The van der Waals surface area contributed by atoms with Gasteiger partial charge in [-0.3, -0.25) is 64.3 Å². The van der Waals surface area contributed by atoms with Gasteiger partial charge in [-0.2, -0.15) is 9.97 Å². The number of nitrogen functional groups attached to an aromatic ring is 5. The number of aliphatic imine (C=N–C) groups is 1. The third-order valence-electron chi connectivity index (χ3n) is 20.2. The van der Waals surface area contributed by atoms with Crippen LogP contribution in [0.1, 0.15) is 69.7 Å². The summed E-state index contributed by atoms with van der Waals surface area (Å²) in [5.41, 5.74) is 34.5. The van der Waals surface area contributed by atoms with Crippen molar-refractivity contribution in [3.8, 4) is 0 Å². The van der Waals surface area contributed by atoms with E-state index in [1.165, 1.54) is 66.8 Å². The van der Waals surface area contributed by atoms with E-state index in [1.54, 1.807) is 0 Å². The normalized spacial score (nSPS) is 30.5. The standard InChI is InChI=1S/C58H76N26O32P6S2/c59-36-1-3-79(57(87)75-36)39-6-25(32(107-39)13-101-119(94,95)113-26-7-41(109-31(26)12-100-117(89,90)91)82-21-72-45-49(62)66-18-69-52(45)82)112-118(92,93)102-14-33-27(8-43(110-33)84-23-74-47-54(84)77-56(64)78-55(47)86)114-120(96,97)103-15-34-29(10-42(111-34)83-22-73-46-50(63)67-19-70-53(46)83)116-122(99,124)105-16-35-28(9-40(108-35)80-4-2-37(60)76-58(80)88)115-121(98,123)104-11-30-24(85)5-38(106-30)81-20-71-44-48(61)65-17-68-51(44)81/h1-4,17-35,38-43,58,85,88H,5-16H2,(H2,60,76)(H,92,93)(H,94,95)(H,96,97)(H,98,123)(H,99,124)(H2,59,75,87)(H2,61,65,68)(H2,62,66,69)(H2,63,67,70)(H2,89,90,91)(H3,64,77,78,86)/t24-,25-,26?,27-,28-,29-,30-,31-,32-,33-,34-,35-,38-,39-,40-,41-,42-,43-,58?,121?,122?/m1/s1. The van der Waals surface area contributed by atoms with Gasteiger partial charge in [-0.05, 0) is 35.8 Å². The molecule has 7 aliphatic rings. The summed E-state index contributed by atoms with van der Waals surface area (Å²) < 4.78 is 160. The average molecular weight is 1900 g/mol. The number of nitrogens with zero attached hydrogens (tertiary/aromatic N) is 19. The summed E-state index contributed by atoms with van der Waals surface area (Å²) in [6.45, 7) is -14.3. The maximum atomic E-state index is 14.6. The number of amidine groups is 1. The van der Waals surface area contributed by atoms with Crippen molar-refractivity contribution in [3.05, 3.63) is 89.7 Å². The van der Waals surface area contributed by atoms with Crippen LogP contribution in [-0.2, 0) is 120 Å². The molecule has 6 fully saturated rings. The molecule has 0 bridgehead atoms. The second-order valence-corrected chi connectivity index (χ2v) is 39.4. The van der Waals surface area contributed by atoms with E-state index in [9.17, 15) is 72.3 Å². The second kappa shape index (κ2) is 35.6. The van der Waals surface area contributed by atoms with Crippen LogP contribution in [0.25, 0.3) is 44.7 Å². The number of nitrogens with one attached hydrogen (secondary N) is 1. The number of phosphoric acid groups is 4. The molecule has 66 heteroatoms. The van der Waals surface area contributed by atoms with E-state index < -0.39 is 225 Å². The highest BCUT2D eigenvalue weighted by molar-refractivity contribution is 8.07. The Morgan fingerprint density at radius 2 is 0.798 bits per heavy atom. The van der Waals surface area contributed by atoms with Gasteiger partial charge in [-0.25, -0.2) is 77.9 Å². The number of aromatic nitrogens is 18. The molecule has 672 valence electrons. The number of nitrogens with two attached hydrogens (primary N) is 6. The monoisotopic (exact) mass is 1900 g/mol. The van der Waals surface area contributed by atoms with Gasteiger partial charge in [0.05, 0.1) is 83.3 Å². The number of aliphatic hydroxyl groups is 2. The minimum atomic E-state index is -5.59. The molecule has 16 heterocycles. The number of anilines is 5. The van der Waals surface area contributed by atoms with E-state index in [-0.39, 0.29) is 94.2 Å². The first-order chi connectivity index (χ1) is 58.7. The zero-order valence-corrected chi connectivity index (χ0v) is 70.2. The molecular weight excluding hydrogens is 1820 g/mol. The Bertz CT molecular complexity index is 6000. The van der Waals surface area contributed by atoms with Crippen LogP contribution in [-0.4, -0.2) is 268 Å². The molecule has 0 saturated carbocycles. The van der Waals surface area contributed by atoms with Gasteiger partial charge < -0.3 is 130 Å². The highest BCUT2D eigenvalue weighted by Gasteiger charge is 2.52. The Kier molecular flexibility index (Phi) is 25.7. The number of H-pyrrole nitrogens is 1. The van der Waals surface area contributed by atoms with Gasteiger partial charge >= 0.3 is 50.4 Å². The van der Waals surface area contributed by atoms with Crippen molar-refractivity contribution in [3.63, 3.8) is 0 Å². The Morgan fingerprint density at radius 3 is 1.23 bits per heavy atom. The van der Waals surface area contributed by atoms with Gasteiger partial charge in [-0.1, -0.05) is 0 Å². The summed E-state index contributed by atoms with van der Waals surface area (Å²) in [4.78, 5) is 161. The Balaban J connectivity index is 0.605. The van der Waals surface area contributed by atoms with Crippen molar-refractivity contribution < 1.29 is 141 Å². The van der Waals surface area contributed by atoms with Crippen molar-refractivity contribution in [2.45, 2.75) is 155 Å². The number of hydrogen-bond acceptors (Lipinski definition) is 47. The molecule has 0 amide bonds. The average Bonchev–Trinajstić information content (AvgIpc) is 1.66. The van der Waals surface area contributed by atoms with E-state index in [1.807, 2.05) is 0 Å². The number of aromatic amines is 1. The van der Waals surface area contributed by atoms with Gasteiger partial charge in [0.25, 0.3) is 5.56 Å². The van der Waals surface area contributed by atoms with Gasteiger partial charge in [0, 0.05) is 50.9 Å². The Morgan fingerprint density at radius 1 is 0.435 bits per heavy atom. The molecule has 6 saturated heterocycles. The van der Waals surface area contributed by atoms with E-state index in [4.69, 9.17) is 132 Å². The van der Waals surface area contributed by atoms with Crippen LogP contribution in [0.2, 0.25) is 0 Å². The van der Waals surface area contributed by atoms with Gasteiger partial charge in [-0.15, -0.1) is 0 Å². The molecule has 0 aliphatic carbocycles. The Labute approximate surface area is 702 Å². The molecule has 9 aromatic heterocycles. The lowest BCUT2D eigenvalue weighted by Crippen LogP contribution is -2.41. The zero-order chi connectivity index (χ0) is 87.9. The van der Waals surface area contributed by atoms with Crippen LogP contribution in [0, 0.1) is 0 Å². The third kappa shape index (κ3) is 20.1. The first-order valence-corrected chi connectivity index (χ1v) is 47.9. The maximum Gasteiger partial charge on any atom is 0.472 e. The molecule has 24 atom stereocenters. The minimum Gasteiger partial charge on any atom is -0.390 e. The summed E-state index contributed by atoms with van der Waals surface area (Å²) in [6, 6.07) is 1.21. The fourth-order valence-electron chi connectivity index (χ4n) is 14.5. The van der Waals surface area contributed by atoms with Crippen molar-refractivity contribution in [2.75, 3.05) is 68.3 Å². The fraction of sp³-hybridized carbons (Fsp3) is 0.534. The molecule has 0 spiro atoms. The van der Waals surface area contributed by atoms with E-state index >= 15 is 0 Å². The molecule has 0 radical (unpaired) electrons. The molecular formula is C58H76N26O32P6S2. The van der Waals surface area contributed by atoms with E-state index in [2.05, 4.69) is 74.3 Å². The fourth-order valence-corrected chi connectivity index (χ4v) is 20.7. The van der Waals surface area contributed by atoms with Crippen LogP contribution in [0.3, 0.4) is 0 Å². The number of hydrogen-bond donors (Lipinski definition) is 16. The molecule has 16 rings (SSSR count). The minimum absolute atomic E-state index is 0.0180. The predicted octanol–water partition coefficient (Wildman–Crippen LogP) is -1.96. The number of phosphoric ester groups is 4. The van der Waals surface area contributed by atoms with E-state index in [0.717, 1.165) is 29.7 Å². The number of rotatable bonds is 34. The largest absolute Gasteiger partial charge is 0.472 e. The van der Waals surface area contributed by atoms with E-state index in [0.29, 0.717) is 11.2 Å². The molecule has 7 unspecified atom stereocenters. The van der Waals surface area contributed by atoms with Crippen molar-refractivity contribution >= 4 is 148 Å². The first-order valence-electron chi connectivity index (χ1n) is 36.7. The van der Waals surface area contributed by atoms with Crippen LogP contribution < -0.4 is 45.7 Å². The van der Waals surface area contributed by atoms with Crippen LogP contribution in [0.4, 0.5) is 29.2 Å². The lowest BCUT2D eigenvalue weighted by molar-refractivity contribution is -0.109. The topological polar surface area (TPSA) is 808 Å². The lowest BCUT2D eigenvalue weighted by atomic mass is 10.2. The number of imidazole rings is 4. The summed E-state index contributed by atoms with van der Waals surface area (Å²) >= 11 is 11.1. The number of fused-ring (bicyclic) bond motifs is 4. The number of ether oxygens (including phenoxy) is 6. The SMILES string of the molecule is NC1=NC(O)N([C@H]2C[C@@H](OP(O)(=S)OC[C@H]3O[C@@H](n4cnc5c(N)ncnc54)C[C@H]3O)[C@@H](COP(O)(=S)O[C@@H]3C[C@H](n4cnc5c(N)ncnc54)O[C@@H]3COP(=O)(O)O[C@@H]3C[C@H](n4cnc5c(=O)[nH]c(N)nc54)O[C@@H]3COP(=O)(O)O[C@@H]3C[C@H](n4ccc(N)nc4=O)O[C@@H]3COP(=O)(O)OC3C[C@H](n4cnc5c(N)ncnc54)O[C@@H]3COP(=O)(O)O)O2)C=C1. The predicted molar refractivity (Wildman–Crippen MR) is 420 cm³/mol. The smallest absolute Gasteiger partial charge is 0.390 e. The number of aliphatic hydroxyl groups excluding tert-OH is 2. The quantitative estimate of drug-likeness (QED) is 0.0195. The van der Waals surface area contributed by atoms with Gasteiger partial charge in [0.2, 0.25) is 12.3 Å². The summed E-state index contributed by atoms with van der Waals surface area (Å²) in [7, 11) is -21.8. The maximum absolute atomic E-state index is 14.6. The summed E-state index contributed by atoms with van der Waals surface area (Å²) in [5, 5.41) is 22.1. The van der Waals surface area contributed by atoms with Crippen LogP contribution in [0.5, 0.6) is 0 Å². The zero-order valence-electron chi connectivity index (χ0n) is 63.2. The van der Waals surface area contributed by atoms with Crippen molar-refractivity contribution in [2.24, 2.45) is 10.7 Å². The van der Waals surface area contributed by atoms with Crippen molar-refractivity contribution in [1.82, 2.24) is 92.5 Å². The third-order valence-corrected chi connectivity index (χ3v) is 26.9. The Hall–Kier alpha value is -7.93. The summed E-state index contributed by atoms with van der Waals surface area (Å²) in [5.74, 6) is -0.561. The molecule has 9 aromatic rings. The van der Waals surface area contributed by atoms with Crippen molar-refractivity contribution in [1.29, 1.82) is 0 Å².